The molecule has 1 aliphatic heterocycles. The van der Waals surface area contributed by atoms with Crippen molar-refractivity contribution in [2.75, 3.05) is 19.3 Å². The van der Waals surface area contributed by atoms with Gasteiger partial charge in [-0.15, -0.1) is 0 Å². The normalized spacial score (nSPS) is 29.7. The topological polar surface area (TPSA) is 41.5 Å². The number of thioether (sulfide) groups is 1. The number of rotatable bonds is 4. The van der Waals surface area contributed by atoms with Gasteiger partial charge in [-0.05, 0) is 25.7 Å². The van der Waals surface area contributed by atoms with E-state index in [1.807, 2.05) is 18.7 Å². The highest BCUT2D eigenvalue weighted by molar-refractivity contribution is 8.14. The zero-order valence-electron chi connectivity index (χ0n) is 9.23. The van der Waals surface area contributed by atoms with Gasteiger partial charge in [-0.1, -0.05) is 11.8 Å². The van der Waals surface area contributed by atoms with Crippen LogP contribution in [0.5, 0.6) is 0 Å². The molecule has 1 fully saturated rings. The predicted molar refractivity (Wildman–Crippen MR) is 67.9 cm³/mol. The number of nitrogens with one attached hydrogen (secondary N) is 1. The third-order valence-corrected chi connectivity index (χ3v) is 5.57. The van der Waals surface area contributed by atoms with Crippen LogP contribution >= 0.6 is 11.8 Å². The Hall–Kier alpha value is -0.0300. The minimum atomic E-state index is -0.742. The second-order valence-corrected chi connectivity index (χ2v) is 7.36. The van der Waals surface area contributed by atoms with Crippen LogP contribution in [0.1, 0.15) is 19.8 Å². The summed E-state index contributed by atoms with van der Waals surface area (Å²) in [4.78, 5) is 4.48. The molecule has 5 heteroatoms. The Balaban J connectivity index is 1.70. The van der Waals surface area contributed by atoms with Crippen molar-refractivity contribution in [1.82, 2.24) is 5.32 Å². The summed E-state index contributed by atoms with van der Waals surface area (Å²) >= 11 is 1.87. The Kier molecular flexibility index (Phi) is 3.72. The first-order valence-corrected chi connectivity index (χ1v) is 7.94. The smallest absolute Gasteiger partial charge is 0.156 e. The molecular weight excluding hydrogens is 228 g/mol. The van der Waals surface area contributed by atoms with Crippen LogP contribution in [0.15, 0.2) is 4.99 Å². The average molecular weight is 246 g/mol. The van der Waals surface area contributed by atoms with Crippen LogP contribution in [0.4, 0.5) is 0 Å². The number of nitrogens with zero attached hydrogens (tertiary/aromatic N) is 1. The zero-order chi connectivity index (χ0) is 10.8. The van der Waals surface area contributed by atoms with Gasteiger partial charge in [0.25, 0.3) is 0 Å². The van der Waals surface area contributed by atoms with Crippen molar-refractivity contribution >= 4 is 27.7 Å². The number of hydrogen-bond acceptors (Lipinski definition) is 4. The van der Waals surface area contributed by atoms with Gasteiger partial charge in [-0.25, -0.2) is 0 Å². The summed E-state index contributed by atoms with van der Waals surface area (Å²) in [6.07, 6.45) is 4.52. The summed E-state index contributed by atoms with van der Waals surface area (Å²) in [5, 5.41) is 5.27. The molecular formula is C10H18N2OS2. The van der Waals surface area contributed by atoms with Crippen molar-refractivity contribution in [3.05, 3.63) is 0 Å². The summed E-state index contributed by atoms with van der Waals surface area (Å²) in [6.45, 7) is 3.75. The zero-order valence-corrected chi connectivity index (χ0v) is 10.9. The Morgan fingerprint density at radius 1 is 1.67 bits per heavy atom. The molecule has 0 aromatic carbocycles. The van der Waals surface area contributed by atoms with Crippen molar-refractivity contribution in [1.29, 1.82) is 0 Å². The van der Waals surface area contributed by atoms with E-state index >= 15 is 0 Å². The van der Waals surface area contributed by atoms with Gasteiger partial charge >= 0.3 is 0 Å². The van der Waals surface area contributed by atoms with E-state index in [0.717, 1.165) is 29.4 Å². The molecule has 2 rings (SSSR count). The number of aliphatic imine (C=N–C) groups is 1. The predicted octanol–water partition coefficient (Wildman–Crippen LogP) is 1.22. The van der Waals surface area contributed by atoms with Crippen LogP contribution in [0.2, 0.25) is 0 Å². The standard InChI is InChI=1S/C10H18N2OS2/c1-7(15(2)13)5-11-10-12-6-9(14-10)8-3-4-8/h7-9H,3-6H2,1-2H3,(H,11,12). The van der Waals surface area contributed by atoms with Crippen molar-refractivity contribution in [2.45, 2.75) is 30.3 Å². The summed E-state index contributed by atoms with van der Waals surface area (Å²) in [5.41, 5.74) is 0. The van der Waals surface area contributed by atoms with Crippen molar-refractivity contribution < 1.29 is 4.21 Å². The van der Waals surface area contributed by atoms with Crippen LogP contribution in [-0.4, -0.2) is 39.2 Å². The minimum absolute atomic E-state index is 0.202. The van der Waals surface area contributed by atoms with E-state index in [-0.39, 0.29) is 5.25 Å². The maximum atomic E-state index is 11.2. The Morgan fingerprint density at radius 3 is 3.00 bits per heavy atom. The van der Waals surface area contributed by atoms with Gasteiger partial charge in [-0.3, -0.25) is 9.20 Å². The van der Waals surface area contributed by atoms with Crippen molar-refractivity contribution in [3.63, 3.8) is 0 Å². The summed E-state index contributed by atoms with van der Waals surface area (Å²) < 4.78 is 11.2. The summed E-state index contributed by atoms with van der Waals surface area (Å²) in [6, 6.07) is 0. The summed E-state index contributed by atoms with van der Waals surface area (Å²) in [5.74, 6) is 0.913. The lowest BCUT2D eigenvalue weighted by atomic mass is 10.3. The van der Waals surface area contributed by atoms with Crippen LogP contribution in [-0.2, 0) is 10.8 Å². The molecule has 15 heavy (non-hydrogen) atoms. The van der Waals surface area contributed by atoms with E-state index < -0.39 is 10.8 Å². The maximum absolute atomic E-state index is 11.2. The molecule has 3 unspecified atom stereocenters. The average Bonchev–Trinajstić information content (AvgIpc) is 2.95. The first-order chi connectivity index (χ1) is 7.16. The molecule has 86 valence electrons. The fourth-order valence-electron chi connectivity index (χ4n) is 1.55. The van der Waals surface area contributed by atoms with Gasteiger partial charge in [0.2, 0.25) is 0 Å². The molecule has 1 heterocycles. The largest absolute Gasteiger partial charge is 0.364 e. The molecule has 0 saturated heterocycles. The molecule has 3 nitrogen and oxygen atoms in total. The summed E-state index contributed by atoms with van der Waals surface area (Å²) in [7, 11) is -0.742. The second-order valence-electron chi connectivity index (χ2n) is 4.33. The Labute approximate surface area is 98.0 Å². The molecule has 0 spiro atoms. The molecule has 2 aliphatic rings. The highest BCUT2D eigenvalue weighted by Crippen LogP contribution is 2.41. The van der Waals surface area contributed by atoms with E-state index in [4.69, 9.17) is 0 Å². The first-order valence-electron chi connectivity index (χ1n) is 5.44. The molecule has 3 atom stereocenters. The van der Waals surface area contributed by atoms with Gasteiger partial charge in [0, 0.05) is 34.1 Å². The van der Waals surface area contributed by atoms with Crippen LogP contribution < -0.4 is 5.32 Å². The van der Waals surface area contributed by atoms with Gasteiger partial charge in [-0.2, -0.15) is 0 Å². The molecule has 0 aromatic rings. The monoisotopic (exact) mass is 246 g/mol. The molecule has 1 saturated carbocycles. The Bertz CT molecular complexity index is 289. The van der Waals surface area contributed by atoms with Crippen LogP contribution in [0.3, 0.4) is 0 Å². The SMILES string of the molecule is CC(CNC1=NCC(C2CC2)S1)S(C)=O. The molecule has 0 aromatic heterocycles. The molecule has 0 amide bonds. The molecule has 1 N–H and O–H groups in total. The second kappa shape index (κ2) is 4.87. The van der Waals surface area contributed by atoms with E-state index in [1.165, 1.54) is 12.8 Å². The van der Waals surface area contributed by atoms with E-state index in [2.05, 4.69) is 10.3 Å². The van der Waals surface area contributed by atoms with Gasteiger partial charge in [0.05, 0.1) is 6.54 Å². The van der Waals surface area contributed by atoms with Gasteiger partial charge < -0.3 is 5.32 Å². The third-order valence-electron chi connectivity index (χ3n) is 2.93. The fraction of sp³-hybridized carbons (Fsp3) is 0.900. The highest BCUT2D eigenvalue weighted by atomic mass is 32.2. The molecule has 0 radical (unpaired) electrons. The van der Waals surface area contributed by atoms with Gasteiger partial charge in [0.15, 0.2) is 5.17 Å². The lowest BCUT2D eigenvalue weighted by Crippen LogP contribution is -2.30. The molecule has 1 aliphatic carbocycles. The maximum Gasteiger partial charge on any atom is 0.156 e. The highest BCUT2D eigenvalue weighted by Gasteiger charge is 2.35. The number of hydrogen-bond donors (Lipinski definition) is 1. The lowest BCUT2D eigenvalue weighted by Gasteiger charge is -2.11. The number of amidine groups is 1. The van der Waals surface area contributed by atoms with Crippen LogP contribution in [0.25, 0.3) is 0 Å². The van der Waals surface area contributed by atoms with Gasteiger partial charge in [0.1, 0.15) is 0 Å². The quantitative estimate of drug-likeness (QED) is 0.811. The van der Waals surface area contributed by atoms with E-state index in [0.29, 0.717) is 0 Å². The fourth-order valence-corrected chi connectivity index (χ4v) is 3.08. The third kappa shape index (κ3) is 3.21. The van der Waals surface area contributed by atoms with Crippen molar-refractivity contribution in [3.8, 4) is 0 Å². The Morgan fingerprint density at radius 2 is 2.40 bits per heavy atom. The lowest BCUT2D eigenvalue weighted by molar-refractivity contribution is 0.674. The van der Waals surface area contributed by atoms with Crippen LogP contribution in [0, 0.1) is 5.92 Å². The minimum Gasteiger partial charge on any atom is -0.364 e. The first kappa shape index (κ1) is 11.5. The van der Waals surface area contributed by atoms with E-state index in [9.17, 15) is 4.21 Å². The molecule has 0 bridgehead atoms. The van der Waals surface area contributed by atoms with E-state index in [1.54, 1.807) is 6.26 Å². The van der Waals surface area contributed by atoms with Crippen molar-refractivity contribution in [2.24, 2.45) is 10.9 Å².